The molecule has 0 aliphatic carbocycles. The highest BCUT2D eigenvalue weighted by Gasteiger charge is 2.05. The average molecular weight is 299 g/mol. The zero-order valence-electron chi connectivity index (χ0n) is 13.4. The van der Waals surface area contributed by atoms with Crippen molar-refractivity contribution in [2.24, 2.45) is 0 Å². The van der Waals surface area contributed by atoms with Crippen LogP contribution in [0.5, 0.6) is 0 Å². The molecule has 2 aromatic rings. The number of rotatable bonds is 6. The van der Waals surface area contributed by atoms with E-state index >= 15 is 0 Å². The summed E-state index contributed by atoms with van der Waals surface area (Å²) < 4.78 is 0. The maximum absolute atomic E-state index is 3.47. The predicted molar refractivity (Wildman–Crippen MR) is 94.0 cm³/mol. The molecule has 1 N–H and O–H groups in total. The van der Waals surface area contributed by atoms with Crippen LogP contribution in [0.25, 0.3) is 0 Å². The van der Waals surface area contributed by atoms with Gasteiger partial charge in [0.2, 0.25) is 0 Å². The molecule has 0 aliphatic rings. The van der Waals surface area contributed by atoms with Crippen molar-refractivity contribution in [3.05, 3.63) is 64.7 Å². The largest absolute Gasteiger partial charge is 0.310 e. The minimum absolute atomic E-state index is 0.414. The van der Waals surface area contributed by atoms with Gasteiger partial charge in [0.15, 0.2) is 0 Å². The minimum atomic E-state index is 0.414. The van der Waals surface area contributed by atoms with Crippen LogP contribution in [0.3, 0.4) is 0 Å². The fraction of sp³-hybridized carbons (Fsp3) is 0.368. The highest BCUT2D eigenvalue weighted by Crippen LogP contribution is 2.26. The summed E-state index contributed by atoms with van der Waals surface area (Å²) in [5.74, 6) is 1.03. The standard InChI is InChI=1S/C19H25NS/c1-5-20-16(4)18-7-6-8-19(12-18)21-13-17-10-9-14(2)15(3)11-17/h6-12,16,20H,5,13H2,1-4H3. The maximum atomic E-state index is 3.47. The van der Waals surface area contributed by atoms with Gasteiger partial charge in [0.05, 0.1) is 0 Å². The van der Waals surface area contributed by atoms with Gasteiger partial charge in [-0.25, -0.2) is 0 Å². The zero-order chi connectivity index (χ0) is 15.2. The Morgan fingerprint density at radius 3 is 2.57 bits per heavy atom. The molecular formula is C19H25NS. The van der Waals surface area contributed by atoms with E-state index in [2.05, 4.69) is 75.5 Å². The van der Waals surface area contributed by atoms with Crippen molar-refractivity contribution in [3.8, 4) is 0 Å². The van der Waals surface area contributed by atoms with E-state index in [9.17, 15) is 0 Å². The van der Waals surface area contributed by atoms with Crippen LogP contribution in [-0.4, -0.2) is 6.54 Å². The Morgan fingerprint density at radius 1 is 1.05 bits per heavy atom. The number of thioether (sulfide) groups is 1. The molecule has 2 rings (SSSR count). The van der Waals surface area contributed by atoms with E-state index in [-0.39, 0.29) is 0 Å². The molecule has 2 aromatic carbocycles. The van der Waals surface area contributed by atoms with E-state index in [1.54, 1.807) is 0 Å². The van der Waals surface area contributed by atoms with Gasteiger partial charge in [-0.05, 0) is 61.7 Å². The third-order valence-corrected chi connectivity index (χ3v) is 4.91. The minimum Gasteiger partial charge on any atom is -0.310 e. The van der Waals surface area contributed by atoms with E-state index in [1.165, 1.54) is 27.1 Å². The first-order valence-corrected chi connectivity index (χ1v) is 8.61. The Balaban J connectivity index is 2.02. The fourth-order valence-corrected chi connectivity index (χ4v) is 3.26. The number of benzene rings is 2. The van der Waals surface area contributed by atoms with Gasteiger partial charge in [-0.1, -0.05) is 37.3 Å². The Morgan fingerprint density at radius 2 is 1.86 bits per heavy atom. The first-order valence-electron chi connectivity index (χ1n) is 7.62. The lowest BCUT2D eigenvalue weighted by Gasteiger charge is -2.14. The summed E-state index contributed by atoms with van der Waals surface area (Å²) in [5, 5.41) is 3.47. The van der Waals surface area contributed by atoms with E-state index < -0.39 is 0 Å². The molecule has 1 nitrogen and oxygen atoms in total. The molecule has 0 aromatic heterocycles. The lowest BCUT2D eigenvalue weighted by atomic mass is 10.1. The molecule has 0 heterocycles. The molecule has 0 radical (unpaired) electrons. The van der Waals surface area contributed by atoms with Crippen LogP contribution < -0.4 is 5.32 Å². The van der Waals surface area contributed by atoms with Crippen LogP contribution in [-0.2, 0) is 5.75 Å². The summed E-state index contributed by atoms with van der Waals surface area (Å²) in [5.41, 5.74) is 5.50. The van der Waals surface area contributed by atoms with Gasteiger partial charge in [-0.3, -0.25) is 0 Å². The highest BCUT2D eigenvalue weighted by atomic mass is 32.2. The third-order valence-electron chi connectivity index (χ3n) is 3.85. The predicted octanol–water partition coefficient (Wildman–Crippen LogP) is 5.27. The average Bonchev–Trinajstić information content (AvgIpc) is 2.49. The smallest absolute Gasteiger partial charge is 0.0292 e. The van der Waals surface area contributed by atoms with Gasteiger partial charge >= 0.3 is 0 Å². The highest BCUT2D eigenvalue weighted by molar-refractivity contribution is 7.98. The second-order valence-electron chi connectivity index (χ2n) is 5.56. The fourth-order valence-electron chi connectivity index (χ4n) is 2.36. The molecule has 1 atom stereocenters. The first kappa shape index (κ1) is 16.1. The molecule has 0 bridgehead atoms. The molecule has 0 spiro atoms. The quantitative estimate of drug-likeness (QED) is 0.730. The van der Waals surface area contributed by atoms with Gasteiger partial charge in [-0.15, -0.1) is 11.8 Å². The Labute approximate surface area is 133 Å². The van der Waals surface area contributed by atoms with Crippen LogP contribution >= 0.6 is 11.8 Å². The Bertz CT molecular complexity index is 592. The molecule has 0 aliphatic heterocycles. The molecule has 2 heteroatoms. The van der Waals surface area contributed by atoms with Crippen molar-refractivity contribution in [1.29, 1.82) is 0 Å². The Hall–Kier alpha value is -1.25. The Kier molecular flexibility index (Phi) is 5.89. The third kappa shape index (κ3) is 4.62. The zero-order valence-corrected chi connectivity index (χ0v) is 14.3. The molecule has 1 unspecified atom stereocenters. The van der Waals surface area contributed by atoms with Gasteiger partial charge in [0.25, 0.3) is 0 Å². The molecule has 0 saturated carbocycles. The van der Waals surface area contributed by atoms with E-state index in [1.807, 2.05) is 11.8 Å². The van der Waals surface area contributed by atoms with Crippen molar-refractivity contribution in [2.75, 3.05) is 6.54 Å². The van der Waals surface area contributed by atoms with Crippen molar-refractivity contribution in [2.45, 2.75) is 44.4 Å². The molecule has 0 amide bonds. The van der Waals surface area contributed by atoms with Crippen molar-refractivity contribution >= 4 is 11.8 Å². The van der Waals surface area contributed by atoms with Crippen molar-refractivity contribution in [3.63, 3.8) is 0 Å². The second kappa shape index (κ2) is 7.67. The summed E-state index contributed by atoms with van der Waals surface area (Å²) in [4.78, 5) is 1.34. The van der Waals surface area contributed by atoms with E-state index in [4.69, 9.17) is 0 Å². The van der Waals surface area contributed by atoms with Crippen LogP contribution in [0.4, 0.5) is 0 Å². The molecular weight excluding hydrogens is 274 g/mol. The summed E-state index contributed by atoms with van der Waals surface area (Å²) in [6.07, 6.45) is 0. The van der Waals surface area contributed by atoms with Gasteiger partial charge in [-0.2, -0.15) is 0 Å². The van der Waals surface area contributed by atoms with Crippen LogP contribution in [0.15, 0.2) is 47.4 Å². The topological polar surface area (TPSA) is 12.0 Å². The van der Waals surface area contributed by atoms with Gasteiger partial charge < -0.3 is 5.32 Å². The number of aryl methyl sites for hydroxylation is 2. The van der Waals surface area contributed by atoms with Crippen molar-refractivity contribution < 1.29 is 0 Å². The van der Waals surface area contributed by atoms with Crippen LogP contribution in [0, 0.1) is 13.8 Å². The first-order chi connectivity index (χ1) is 10.1. The SMILES string of the molecule is CCNC(C)c1cccc(SCc2ccc(C)c(C)c2)c1. The molecule has 0 fully saturated rings. The summed E-state index contributed by atoms with van der Waals surface area (Å²) in [6, 6.07) is 16.0. The van der Waals surface area contributed by atoms with Gasteiger partial charge in [0.1, 0.15) is 0 Å². The monoisotopic (exact) mass is 299 g/mol. The second-order valence-corrected chi connectivity index (χ2v) is 6.61. The van der Waals surface area contributed by atoms with Crippen LogP contribution in [0.1, 0.15) is 42.1 Å². The molecule has 21 heavy (non-hydrogen) atoms. The van der Waals surface area contributed by atoms with E-state index in [0.717, 1.165) is 12.3 Å². The van der Waals surface area contributed by atoms with Crippen LogP contribution in [0.2, 0.25) is 0 Å². The maximum Gasteiger partial charge on any atom is 0.0292 e. The number of hydrogen-bond donors (Lipinski definition) is 1. The molecule has 0 saturated heterocycles. The van der Waals surface area contributed by atoms with E-state index in [0.29, 0.717) is 6.04 Å². The molecule has 112 valence electrons. The summed E-state index contributed by atoms with van der Waals surface area (Å²) in [6.45, 7) is 9.71. The number of hydrogen-bond acceptors (Lipinski definition) is 2. The lowest BCUT2D eigenvalue weighted by molar-refractivity contribution is 0.597. The number of nitrogens with one attached hydrogen (secondary N) is 1. The summed E-state index contributed by atoms with van der Waals surface area (Å²) in [7, 11) is 0. The normalized spacial score (nSPS) is 12.4. The lowest BCUT2D eigenvalue weighted by Crippen LogP contribution is -2.17. The summed E-state index contributed by atoms with van der Waals surface area (Å²) >= 11 is 1.91. The van der Waals surface area contributed by atoms with Crippen molar-refractivity contribution in [1.82, 2.24) is 5.32 Å². The van der Waals surface area contributed by atoms with Gasteiger partial charge in [0, 0.05) is 16.7 Å².